The van der Waals surface area contributed by atoms with E-state index in [1.807, 2.05) is 6.07 Å². The maximum atomic E-state index is 11.1. The molecule has 2 rings (SSSR count). The summed E-state index contributed by atoms with van der Waals surface area (Å²) in [6, 6.07) is 5.13. The number of piperidine rings is 1. The molecule has 0 radical (unpaired) electrons. The Morgan fingerprint density at radius 2 is 2.12 bits per heavy atom. The maximum absolute atomic E-state index is 11.1. The minimum atomic E-state index is -0.320. The fourth-order valence-electron chi connectivity index (χ4n) is 2.29. The average molecular weight is 236 g/mol. The Labute approximate surface area is 99.9 Å². The molecule has 0 aromatic heterocycles. The molecular weight excluding hydrogens is 220 g/mol. The molecule has 17 heavy (non-hydrogen) atoms. The summed E-state index contributed by atoms with van der Waals surface area (Å²) in [5.74, 6) is 0.817. The SMILES string of the molecule is COc1ccc(C2CCNCC2)c([N+](=O)[O-])c1. The van der Waals surface area contributed by atoms with Crippen LogP contribution < -0.4 is 10.1 Å². The zero-order chi connectivity index (χ0) is 12.3. The number of nitrogens with zero attached hydrogens (tertiary/aromatic N) is 1. The van der Waals surface area contributed by atoms with Crippen LogP contribution in [0, 0.1) is 10.1 Å². The van der Waals surface area contributed by atoms with Crippen LogP contribution in [-0.4, -0.2) is 25.1 Å². The van der Waals surface area contributed by atoms with Crippen LogP contribution in [0.1, 0.15) is 24.3 Å². The van der Waals surface area contributed by atoms with Crippen molar-refractivity contribution in [3.8, 4) is 5.75 Å². The van der Waals surface area contributed by atoms with Gasteiger partial charge in [-0.05, 0) is 44.0 Å². The highest BCUT2D eigenvalue weighted by Gasteiger charge is 2.24. The van der Waals surface area contributed by atoms with E-state index in [0.29, 0.717) is 5.75 Å². The van der Waals surface area contributed by atoms with Gasteiger partial charge >= 0.3 is 0 Å². The third-order valence-corrected chi connectivity index (χ3v) is 3.21. The van der Waals surface area contributed by atoms with Crippen LogP contribution in [0.5, 0.6) is 5.75 Å². The molecule has 0 spiro atoms. The van der Waals surface area contributed by atoms with Gasteiger partial charge in [-0.1, -0.05) is 0 Å². The van der Waals surface area contributed by atoms with Gasteiger partial charge in [0.05, 0.1) is 18.1 Å². The Hall–Kier alpha value is -1.62. The zero-order valence-electron chi connectivity index (χ0n) is 9.81. The van der Waals surface area contributed by atoms with E-state index in [2.05, 4.69) is 5.32 Å². The maximum Gasteiger partial charge on any atom is 0.276 e. The van der Waals surface area contributed by atoms with Gasteiger partial charge in [-0.25, -0.2) is 0 Å². The Morgan fingerprint density at radius 3 is 2.71 bits per heavy atom. The lowest BCUT2D eigenvalue weighted by molar-refractivity contribution is -0.385. The molecule has 1 fully saturated rings. The largest absolute Gasteiger partial charge is 0.497 e. The van der Waals surface area contributed by atoms with Crippen molar-refractivity contribution in [1.82, 2.24) is 5.32 Å². The first-order valence-corrected chi connectivity index (χ1v) is 5.75. The number of methoxy groups -OCH3 is 1. The summed E-state index contributed by atoms with van der Waals surface area (Å²) in [4.78, 5) is 10.7. The molecule has 0 bridgehead atoms. The summed E-state index contributed by atoms with van der Waals surface area (Å²) in [6.07, 6.45) is 1.90. The molecule has 1 heterocycles. The Morgan fingerprint density at radius 1 is 1.41 bits per heavy atom. The van der Waals surface area contributed by atoms with Gasteiger partial charge in [0.2, 0.25) is 0 Å². The third-order valence-electron chi connectivity index (χ3n) is 3.21. The molecule has 0 aliphatic carbocycles. The van der Waals surface area contributed by atoms with E-state index in [1.165, 1.54) is 13.2 Å². The molecule has 1 N–H and O–H groups in total. The number of nitro groups is 1. The summed E-state index contributed by atoms with van der Waals surface area (Å²) in [7, 11) is 1.52. The molecule has 5 nitrogen and oxygen atoms in total. The number of rotatable bonds is 3. The van der Waals surface area contributed by atoms with Crippen molar-refractivity contribution in [1.29, 1.82) is 0 Å². The van der Waals surface area contributed by atoms with Gasteiger partial charge in [0.15, 0.2) is 0 Å². The quantitative estimate of drug-likeness (QED) is 0.644. The van der Waals surface area contributed by atoms with E-state index in [0.717, 1.165) is 31.5 Å². The normalized spacial score (nSPS) is 16.8. The Balaban J connectivity index is 2.34. The number of nitrogens with one attached hydrogen (secondary N) is 1. The molecule has 0 amide bonds. The number of ether oxygens (including phenoxy) is 1. The molecule has 1 saturated heterocycles. The lowest BCUT2D eigenvalue weighted by atomic mass is 9.89. The van der Waals surface area contributed by atoms with Crippen molar-refractivity contribution >= 4 is 5.69 Å². The van der Waals surface area contributed by atoms with Crippen LogP contribution >= 0.6 is 0 Å². The van der Waals surface area contributed by atoms with Gasteiger partial charge in [0, 0.05) is 5.56 Å². The second kappa shape index (κ2) is 5.14. The van der Waals surface area contributed by atoms with E-state index in [1.54, 1.807) is 6.07 Å². The summed E-state index contributed by atoms with van der Waals surface area (Å²) < 4.78 is 5.03. The second-order valence-electron chi connectivity index (χ2n) is 4.21. The van der Waals surface area contributed by atoms with Crippen molar-refractivity contribution in [2.45, 2.75) is 18.8 Å². The highest BCUT2D eigenvalue weighted by atomic mass is 16.6. The minimum Gasteiger partial charge on any atom is -0.497 e. The first-order valence-electron chi connectivity index (χ1n) is 5.75. The molecule has 5 heteroatoms. The molecule has 92 valence electrons. The first kappa shape index (κ1) is 11.9. The molecule has 1 aliphatic rings. The molecule has 1 aliphatic heterocycles. The number of nitro benzene ring substituents is 1. The van der Waals surface area contributed by atoms with Crippen LogP contribution in [0.25, 0.3) is 0 Å². The Kier molecular flexibility index (Phi) is 3.58. The predicted octanol–water partition coefficient (Wildman–Crippen LogP) is 2.07. The topological polar surface area (TPSA) is 64.4 Å². The van der Waals surface area contributed by atoms with Gasteiger partial charge in [0.1, 0.15) is 5.75 Å². The summed E-state index contributed by atoms with van der Waals surface area (Å²) in [6.45, 7) is 1.85. The lowest BCUT2D eigenvalue weighted by Gasteiger charge is -2.22. The minimum absolute atomic E-state index is 0.177. The number of hydrogen-bond acceptors (Lipinski definition) is 4. The highest BCUT2D eigenvalue weighted by molar-refractivity contribution is 5.48. The molecule has 0 atom stereocenters. The van der Waals surface area contributed by atoms with Crippen LogP contribution in [0.15, 0.2) is 18.2 Å². The average Bonchev–Trinajstić information content (AvgIpc) is 2.39. The van der Waals surface area contributed by atoms with Gasteiger partial charge < -0.3 is 10.1 Å². The number of benzene rings is 1. The lowest BCUT2D eigenvalue weighted by Crippen LogP contribution is -2.26. The second-order valence-corrected chi connectivity index (χ2v) is 4.21. The smallest absolute Gasteiger partial charge is 0.276 e. The van der Waals surface area contributed by atoms with Gasteiger partial charge in [-0.15, -0.1) is 0 Å². The number of hydrogen-bond donors (Lipinski definition) is 1. The summed E-state index contributed by atoms with van der Waals surface area (Å²) >= 11 is 0. The van der Waals surface area contributed by atoms with E-state index in [9.17, 15) is 10.1 Å². The van der Waals surface area contributed by atoms with Crippen molar-refractivity contribution in [2.24, 2.45) is 0 Å². The molecule has 1 aromatic carbocycles. The molecule has 1 aromatic rings. The third kappa shape index (κ3) is 2.55. The monoisotopic (exact) mass is 236 g/mol. The van der Waals surface area contributed by atoms with E-state index < -0.39 is 0 Å². The van der Waals surface area contributed by atoms with E-state index >= 15 is 0 Å². The predicted molar refractivity (Wildman–Crippen MR) is 64.5 cm³/mol. The van der Waals surface area contributed by atoms with Crippen molar-refractivity contribution in [3.05, 3.63) is 33.9 Å². The standard InChI is InChI=1S/C12H16N2O3/c1-17-10-2-3-11(12(8-10)14(15)16)9-4-6-13-7-5-9/h2-3,8-9,13H,4-7H2,1H3. The van der Waals surface area contributed by atoms with Gasteiger partial charge in [-0.3, -0.25) is 10.1 Å². The molecule has 0 unspecified atom stereocenters. The molecular formula is C12H16N2O3. The van der Waals surface area contributed by atoms with Gasteiger partial charge in [0.25, 0.3) is 5.69 Å². The van der Waals surface area contributed by atoms with Crippen molar-refractivity contribution in [2.75, 3.05) is 20.2 Å². The fraction of sp³-hybridized carbons (Fsp3) is 0.500. The van der Waals surface area contributed by atoms with Crippen LogP contribution in [0.2, 0.25) is 0 Å². The Bertz CT molecular complexity index is 414. The molecule has 0 saturated carbocycles. The van der Waals surface area contributed by atoms with Crippen LogP contribution in [0.4, 0.5) is 5.69 Å². The van der Waals surface area contributed by atoms with Crippen LogP contribution in [0.3, 0.4) is 0 Å². The first-order chi connectivity index (χ1) is 8.22. The summed E-state index contributed by atoms with van der Waals surface area (Å²) in [5.41, 5.74) is 1.01. The van der Waals surface area contributed by atoms with Crippen molar-refractivity contribution in [3.63, 3.8) is 0 Å². The fourth-order valence-corrected chi connectivity index (χ4v) is 2.29. The van der Waals surface area contributed by atoms with Crippen LogP contribution in [-0.2, 0) is 0 Å². The summed E-state index contributed by atoms with van der Waals surface area (Å²) in [5, 5.41) is 14.3. The van der Waals surface area contributed by atoms with E-state index in [-0.39, 0.29) is 16.5 Å². The highest BCUT2D eigenvalue weighted by Crippen LogP contribution is 2.34. The van der Waals surface area contributed by atoms with Crippen molar-refractivity contribution < 1.29 is 9.66 Å². The zero-order valence-corrected chi connectivity index (χ0v) is 9.81. The van der Waals surface area contributed by atoms with Gasteiger partial charge in [-0.2, -0.15) is 0 Å². The van der Waals surface area contributed by atoms with E-state index in [4.69, 9.17) is 4.74 Å².